The lowest BCUT2D eigenvalue weighted by atomic mass is 9.97. The fraction of sp³-hybridized carbons (Fsp3) is 0.458. The van der Waals surface area contributed by atoms with Crippen molar-refractivity contribution in [3.05, 3.63) is 59.7 Å². The molecular formula is C24H31N3O. The van der Waals surface area contributed by atoms with Gasteiger partial charge >= 0.3 is 0 Å². The van der Waals surface area contributed by atoms with Crippen molar-refractivity contribution in [2.75, 3.05) is 38.1 Å². The topological polar surface area (TPSA) is 35.6 Å². The van der Waals surface area contributed by atoms with E-state index < -0.39 is 0 Å². The van der Waals surface area contributed by atoms with E-state index in [4.69, 9.17) is 0 Å². The molecule has 1 saturated heterocycles. The number of hydrogen-bond donors (Lipinski definition) is 1. The highest BCUT2D eigenvalue weighted by Crippen LogP contribution is 2.35. The van der Waals surface area contributed by atoms with Gasteiger partial charge in [0.15, 0.2) is 0 Å². The van der Waals surface area contributed by atoms with Crippen molar-refractivity contribution in [3.8, 4) is 0 Å². The van der Waals surface area contributed by atoms with Crippen molar-refractivity contribution < 1.29 is 4.79 Å². The molecule has 0 bridgehead atoms. The molecule has 4 heteroatoms. The predicted molar refractivity (Wildman–Crippen MR) is 115 cm³/mol. The molecule has 1 fully saturated rings. The number of hydrogen-bond acceptors (Lipinski definition) is 3. The van der Waals surface area contributed by atoms with Crippen molar-refractivity contribution >= 4 is 17.3 Å². The molecule has 4 rings (SSSR count). The molecule has 0 aromatic heterocycles. The first-order valence-corrected chi connectivity index (χ1v) is 10.6. The number of benzene rings is 2. The lowest BCUT2D eigenvalue weighted by Gasteiger charge is -2.33. The zero-order chi connectivity index (χ0) is 19.3. The summed E-state index contributed by atoms with van der Waals surface area (Å²) in [5, 5.41) is 2.82. The fourth-order valence-electron chi connectivity index (χ4n) is 4.74. The first kappa shape index (κ1) is 19.0. The van der Waals surface area contributed by atoms with Crippen molar-refractivity contribution in [2.24, 2.45) is 5.92 Å². The number of nitrogens with zero attached hydrogens (tertiary/aromatic N) is 2. The monoisotopic (exact) mass is 377 g/mol. The molecule has 0 saturated carbocycles. The molecular weight excluding hydrogens is 346 g/mol. The van der Waals surface area contributed by atoms with Crippen LogP contribution in [0.15, 0.2) is 48.5 Å². The van der Waals surface area contributed by atoms with Crippen LogP contribution in [-0.2, 0) is 17.6 Å². The second-order valence-corrected chi connectivity index (χ2v) is 8.02. The van der Waals surface area contributed by atoms with Gasteiger partial charge in [0.25, 0.3) is 0 Å². The number of carbonyl (C=O) groups excluding carboxylic acids is 1. The van der Waals surface area contributed by atoms with Crippen LogP contribution in [-0.4, -0.2) is 44.0 Å². The minimum absolute atomic E-state index is 0.151. The van der Waals surface area contributed by atoms with Gasteiger partial charge in [-0.1, -0.05) is 36.4 Å². The number of piperidine rings is 1. The third-order valence-corrected chi connectivity index (χ3v) is 6.21. The second kappa shape index (κ2) is 8.78. The van der Waals surface area contributed by atoms with Crippen LogP contribution in [0.1, 0.15) is 30.4 Å². The lowest BCUT2D eigenvalue weighted by Crippen LogP contribution is -2.42. The third-order valence-electron chi connectivity index (χ3n) is 6.21. The highest BCUT2D eigenvalue weighted by Gasteiger charge is 2.25. The van der Waals surface area contributed by atoms with Crippen LogP contribution in [0.3, 0.4) is 0 Å². The smallest absolute Gasteiger partial charge is 0.224 e. The van der Waals surface area contributed by atoms with Gasteiger partial charge < -0.3 is 15.1 Å². The Labute approximate surface area is 168 Å². The summed E-state index contributed by atoms with van der Waals surface area (Å²) < 4.78 is 0. The summed E-state index contributed by atoms with van der Waals surface area (Å²) in [6.45, 7) is 4.07. The molecule has 1 atom stereocenters. The highest BCUT2D eigenvalue weighted by atomic mass is 16.1. The normalized spacial score (nSPS) is 19.5. The number of aryl methyl sites for hydroxylation is 2. The standard InChI is InChI=1S/C24H31N3O/c1-25-24(28)21-10-6-15-26(18-21)16-7-17-27-22-11-4-2-8-19(22)13-14-20-9-3-5-12-23(20)27/h2-5,8-9,11-12,21H,6-7,10,13-18H2,1H3,(H,25,28). The van der Waals surface area contributed by atoms with E-state index >= 15 is 0 Å². The van der Waals surface area contributed by atoms with E-state index in [0.29, 0.717) is 0 Å². The van der Waals surface area contributed by atoms with Gasteiger partial charge in [0, 0.05) is 31.5 Å². The molecule has 1 N–H and O–H groups in total. The minimum Gasteiger partial charge on any atom is -0.359 e. The second-order valence-electron chi connectivity index (χ2n) is 8.02. The third kappa shape index (κ3) is 4.07. The van der Waals surface area contributed by atoms with Crippen LogP contribution in [0.25, 0.3) is 0 Å². The number of likely N-dealkylation sites (tertiary alicyclic amines) is 1. The fourth-order valence-corrected chi connectivity index (χ4v) is 4.74. The molecule has 0 spiro atoms. The molecule has 1 amide bonds. The number of para-hydroxylation sites is 2. The summed E-state index contributed by atoms with van der Waals surface area (Å²) in [7, 11) is 1.75. The van der Waals surface area contributed by atoms with E-state index in [-0.39, 0.29) is 11.8 Å². The summed E-state index contributed by atoms with van der Waals surface area (Å²) in [6.07, 6.45) is 5.44. The van der Waals surface area contributed by atoms with Gasteiger partial charge in [-0.05, 0) is 68.5 Å². The maximum Gasteiger partial charge on any atom is 0.224 e. The van der Waals surface area contributed by atoms with Crippen molar-refractivity contribution in [2.45, 2.75) is 32.1 Å². The minimum atomic E-state index is 0.151. The van der Waals surface area contributed by atoms with E-state index in [9.17, 15) is 4.79 Å². The molecule has 4 nitrogen and oxygen atoms in total. The predicted octanol–water partition coefficient (Wildman–Crippen LogP) is 3.77. The molecule has 1 unspecified atom stereocenters. The Morgan fingerprint density at radius 3 is 2.29 bits per heavy atom. The first-order valence-electron chi connectivity index (χ1n) is 10.6. The number of anilines is 2. The zero-order valence-corrected chi connectivity index (χ0v) is 16.9. The Kier molecular flexibility index (Phi) is 5.96. The maximum atomic E-state index is 12.0. The lowest BCUT2D eigenvalue weighted by molar-refractivity contribution is -0.126. The summed E-state index contributed by atoms with van der Waals surface area (Å²) >= 11 is 0. The Hall–Kier alpha value is -2.33. The van der Waals surface area contributed by atoms with Crippen LogP contribution in [0.5, 0.6) is 0 Å². The zero-order valence-electron chi connectivity index (χ0n) is 16.9. The summed E-state index contributed by atoms with van der Waals surface area (Å²) in [6, 6.07) is 17.7. The molecule has 28 heavy (non-hydrogen) atoms. The molecule has 2 aromatic rings. The summed E-state index contributed by atoms with van der Waals surface area (Å²) in [4.78, 5) is 17.0. The van der Waals surface area contributed by atoms with Gasteiger partial charge in [-0.25, -0.2) is 0 Å². The van der Waals surface area contributed by atoms with Gasteiger partial charge in [-0.15, -0.1) is 0 Å². The Morgan fingerprint density at radius 1 is 1.00 bits per heavy atom. The van der Waals surface area contributed by atoms with Crippen LogP contribution in [0.4, 0.5) is 11.4 Å². The number of fused-ring (bicyclic) bond motifs is 2. The quantitative estimate of drug-likeness (QED) is 0.862. The van der Waals surface area contributed by atoms with E-state index in [0.717, 1.165) is 58.3 Å². The molecule has 0 aliphatic carbocycles. The first-order chi connectivity index (χ1) is 13.8. The summed E-state index contributed by atoms with van der Waals surface area (Å²) in [5.74, 6) is 0.346. The van der Waals surface area contributed by atoms with Crippen LogP contribution in [0, 0.1) is 5.92 Å². The SMILES string of the molecule is CNC(=O)C1CCCN(CCCN2c3ccccc3CCc3ccccc32)C1. The highest BCUT2D eigenvalue weighted by molar-refractivity contribution is 5.78. The number of nitrogens with one attached hydrogen (secondary N) is 1. The Balaban J connectivity index is 1.45. The number of carbonyl (C=O) groups is 1. The Morgan fingerprint density at radius 2 is 1.64 bits per heavy atom. The average Bonchev–Trinajstić information content (AvgIpc) is 2.91. The molecule has 2 heterocycles. The summed E-state index contributed by atoms with van der Waals surface area (Å²) in [5.41, 5.74) is 5.59. The van der Waals surface area contributed by atoms with Gasteiger partial charge in [0.1, 0.15) is 0 Å². The number of amides is 1. The van der Waals surface area contributed by atoms with E-state index in [2.05, 4.69) is 63.6 Å². The molecule has 2 aliphatic rings. The van der Waals surface area contributed by atoms with Gasteiger partial charge in [0.2, 0.25) is 5.91 Å². The van der Waals surface area contributed by atoms with E-state index in [1.165, 1.54) is 22.5 Å². The van der Waals surface area contributed by atoms with Crippen LogP contribution >= 0.6 is 0 Å². The van der Waals surface area contributed by atoms with Gasteiger partial charge in [-0.2, -0.15) is 0 Å². The maximum absolute atomic E-state index is 12.0. The number of rotatable bonds is 5. The van der Waals surface area contributed by atoms with Crippen molar-refractivity contribution in [3.63, 3.8) is 0 Å². The average molecular weight is 378 g/mol. The van der Waals surface area contributed by atoms with Crippen molar-refractivity contribution in [1.29, 1.82) is 0 Å². The largest absolute Gasteiger partial charge is 0.359 e. The molecule has 2 aromatic carbocycles. The van der Waals surface area contributed by atoms with Crippen LogP contribution in [0.2, 0.25) is 0 Å². The molecule has 2 aliphatic heterocycles. The molecule has 0 radical (unpaired) electrons. The van der Waals surface area contributed by atoms with Crippen LogP contribution < -0.4 is 10.2 Å². The van der Waals surface area contributed by atoms with Crippen molar-refractivity contribution in [1.82, 2.24) is 10.2 Å². The Bertz CT molecular complexity index is 772. The van der Waals surface area contributed by atoms with E-state index in [1.807, 2.05) is 0 Å². The van der Waals surface area contributed by atoms with Gasteiger partial charge in [-0.3, -0.25) is 4.79 Å². The van der Waals surface area contributed by atoms with E-state index in [1.54, 1.807) is 7.05 Å². The molecule has 148 valence electrons. The van der Waals surface area contributed by atoms with Gasteiger partial charge in [0.05, 0.1) is 5.92 Å².